The molecule has 0 spiro atoms. The lowest BCUT2D eigenvalue weighted by Gasteiger charge is -2.25. The Morgan fingerprint density at radius 3 is 2.89 bits per heavy atom. The Balaban J connectivity index is 2.37. The maximum Gasteiger partial charge on any atom is 0.0801 e. The number of anilines is 1. The van der Waals surface area contributed by atoms with Crippen molar-refractivity contribution in [2.75, 3.05) is 11.4 Å². The lowest BCUT2D eigenvalue weighted by atomic mass is 10.0. The van der Waals surface area contributed by atoms with Gasteiger partial charge in [-0.2, -0.15) is 0 Å². The molecule has 0 fully saturated rings. The number of hydrogen-bond donors (Lipinski definition) is 0. The van der Waals surface area contributed by atoms with Gasteiger partial charge in [0.05, 0.1) is 11.2 Å². The van der Waals surface area contributed by atoms with Gasteiger partial charge in [-0.3, -0.25) is 4.98 Å². The van der Waals surface area contributed by atoms with E-state index in [1.807, 2.05) is 24.5 Å². The van der Waals surface area contributed by atoms with Gasteiger partial charge in [-0.1, -0.05) is 37.5 Å². The first-order chi connectivity index (χ1) is 8.85. The third kappa shape index (κ3) is 1.46. The van der Waals surface area contributed by atoms with Crippen LogP contribution in [-0.2, 0) is 0 Å². The summed E-state index contributed by atoms with van der Waals surface area (Å²) in [5, 5.41) is 1.14. The smallest absolute Gasteiger partial charge is 0.0801 e. The molecule has 0 saturated heterocycles. The lowest BCUT2D eigenvalue weighted by Crippen LogP contribution is -2.19. The van der Waals surface area contributed by atoms with Gasteiger partial charge in [-0.05, 0) is 23.9 Å². The largest absolute Gasteiger partial charge is 0.344 e. The Morgan fingerprint density at radius 2 is 2.11 bits per heavy atom. The molecule has 0 amide bonds. The number of nitrogens with zero attached hydrogens (tertiary/aromatic N) is 2. The number of fused-ring (bicyclic) bond motifs is 3. The van der Waals surface area contributed by atoms with Crippen LogP contribution >= 0.6 is 0 Å². The Morgan fingerprint density at radius 1 is 1.22 bits per heavy atom. The molecule has 0 N–H and O–H groups in total. The topological polar surface area (TPSA) is 16.1 Å². The van der Waals surface area contributed by atoms with Crippen molar-refractivity contribution < 1.29 is 0 Å². The number of pyridine rings is 1. The van der Waals surface area contributed by atoms with Crippen molar-refractivity contribution in [2.45, 2.75) is 0 Å². The van der Waals surface area contributed by atoms with Crippen molar-refractivity contribution in [2.24, 2.45) is 0 Å². The highest BCUT2D eigenvalue weighted by atomic mass is 15.1. The molecule has 0 aliphatic carbocycles. The van der Waals surface area contributed by atoms with Gasteiger partial charge in [0.15, 0.2) is 0 Å². The van der Waals surface area contributed by atoms with Crippen LogP contribution in [0.25, 0.3) is 23.1 Å². The molecule has 0 unspecified atom stereocenters. The predicted octanol–water partition coefficient (Wildman–Crippen LogP) is 3.85. The maximum absolute atomic E-state index is 4.51. The second-order valence-electron chi connectivity index (χ2n) is 4.24. The molecular weight excluding hydrogens is 220 g/mol. The second-order valence-corrected chi connectivity index (χ2v) is 4.24. The van der Waals surface area contributed by atoms with Crippen LogP contribution in [-0.4, -0.2) is 11.5 Å². The fraction of sp³-hybridized carbons (Fsp3) is 0.0625. The summed E-state index contributed by atoms with van der Waals surface area (Å²) in [6.45, 7) is 8.57. The molecule has 0 atom stereocenters. The Labute approximate surface area is 107 Å². The summed E-state index contributed by atoms with van der Waals surface area (Å²) in [5.41, 5.74) is 4.45. The Kier molecular flexibility index (Phi) is 2.49. The van der Waals surface area contributed by atoms with Crippen LogP contribution < -0.4 is 4.90 Å². The van der Waals surface area contributed by atoms with E-state index in [2.05, 4.69) is 47.3 Å². The summed E-state index contributed by atoms with van der Waals surface area (Å²) < 4.78 is 0. The fourth-order valence-corrected chi connectivity index (χ4v) is 2.40. The molecule has 1 aromatic carbocycles. The standard InChI is InChI=1S/C16H14N2/c1-3-12-9-10-17-16-13(12)7-8-15-14(16)6-5-11-18(15)4-2/h3-10H,1-2,11H2. The van der Waals surface area contributed by atoms with E-state index in [1.165, 1.54) is 0 Å². The number of aromatic nitrogens is 1. The van der Waals surface area contributed by atoms with Crippen LogP contribution in [0.4, 0.5) is 5.69 Å². The van der Waals surface area contributed by atoms with Crippen molar-refractivity contribution in [3.8, 4) is 0 Å². The van der Waals surface area contributed by atoms with Gasteiger partial charge < -0.3 is 4.90 Å². The van der Waals surface area contributed by atoms with E-state index in [4.69, 9.17) is 0 Å². The zero-order valence-electron chi connectivity index (χ0n) is 10.1. The van der Waals surface area contributed by atoms with Gasteiger partial charge in [0.25, 0.3) is 0 Å². The zero-order chi connectivity index (χ0) is 12.5. The van der Waals surface area contributed by atoms with Crippen LogP contribution in [0.15, 0.2) is 49.8 Å². The van der Waals surface area contributed by atoms with Crippen molar-refractivity contribution in [3.63, 3.8) is 0 Å². The summed E-state index contributed by atoms with van der Waals surface area (Å²) >= 11 is 0. The van der Waals surface area contributed by atoms with Gasteiger partial charge >= 0.3 is 0 Å². The average molecular weight is 234 g/mol. The highest BCUT2D eigenvalue weighted by molar-refractivity contribution is 5.98. The van der Waals surface area contributed by atoms with Gasteiger partial charge in [-0.25, -0.2) is 0 Å². The average Bonchev–Trinajstić information content (AvgIpc) is 2.45. The Bertz CT molecular complexity index is 668. The van der Waals surface area contributed by atoms with E-state index in [1.54, 1.807) is 0 Å². The first-order valence-corrected chi connectivity index (χ1v) is 5.95. The second kappa shape index (κ2) is 4.15. The minimum Gasteiger partial charge on any atom is -0.344 e. The summed E-state index contributed by atoms with van der Waals surface area (Å²) in [7, 11) is 0. The van der Waals surface area contributed by atoms with Crippen LogP contribution in [0, 0.1) is 0 Å². The Hall–Kier alpha value is -2.35. The first kappa shape index (κ1) is 10.8. The molecule has 2 aromatic rings. The summed E-state index contributed by atoms with van der Waals surface area (Å²) in [6.07, 6.45) is 9.82. The van der Waals surface area contributed by atoms with E-state index in [0.29, 0.717) is 0 Å². The van der Waals surface area contributed by atoms with Crippen LogP contribution in [0.1, 0.15) is 11.1 Å². The molecule has 2 heterocycles. The lowest BCUT2D eigenvalue weighted by molar-refractivity contribution is 1.08. The molecule has 2 nitrogen and oxygen atoms in total. The van der Waals surface area contributed by atoms with Gasteiger partial charge in [-0.15, -0.1) is 0 Å². The molecule has 88 valence electrons. The monoisotopic (exact) mass is 234 g/mol. The van der Waals surface area contributed by atoms with Crippen LogP contribution in [0.3, 0.4) is 0 Å². The summed E-state index contributed by atoms with van der Waals surface area (Å²) in [6, 6.07) is 6.21. The van der Waals surface area contributed by atoms with Gasteiger partial charge in [0.1, 0.15) is 0 Å². The van der Waals surface area contributed by atoms with Crippen LogP contribution in [0.5, 0.6) is 0 Å². The van der Waals surface area contributed by atoms with Crippen LogP contribution in [0.2, 0.25) is 0 Å². The molecule has 1 aromatic heterocycles. The van der Waals surface area contributed by atoms with E-state index in [0.717, 1.165) is 34.3 Å². The third-order valence-corrected chi connectivity index (χ3v) is 3.30. The summed E-state index contributed by atoms with van der Waals surface area (Å²) in [5.74, 6) is 0. The quantitative estimate of drug-likeness (QED) is 0.784. The molecule has 3 rings (SSSR count). The summed E-state index contributed by atoms with van der Waals surface area (Å²) in [4.78, 5) is 6.63. The SMILES string of the molecule is C=Cc1ccnc2c3c(ccc12)N(C=C)CC=C3. The number of hydrogen-bond acceptors (Lipinski definition) is 2. The van der Waals surface area contributed by atoms with E-state index in [-0.39, 0.29) is 0 Å². The minimum absolute atomic E-state index is 0.864. The highest BCUT2D eigenvalue weighted by Gasteiger charge is 2.14. The number of benzene rings is 1. The van der Waals surface area contributed by atoms with Gasteiger partial charge in [0, 0.05) is 23.7 Å². The van der Waals surface area contributed by atoms with Gasteiger partial charge in [0.2, 0.25) is 0 Å². The van der Waals surface area contributed by atoms with Crippen molar-refractivity contribution in [3.05, 3.63) is 61.0 Å². The van der Waals surface area contributed by atoms with E-state index in [9.17, 15) is 0 Å². The molecular formula is C16H14N2. The highest BCUT2D eigenvalue weighted by Crippen LogP contribution is 2.33. The van der Waals surface area contributed by atoms with E-state index >= 15 is 0 Å². The zero-order valence-corrected chi connectivity index (χ0v) is 10.1. The number of rotatable bonds is 2. The molecule has 1 aliphatic rings. The molecule has 2 heteroatoms. The fourth-order valence-electron chi connectivity index (χ4n) is 2.40. The normalized spacial score (nSPS) is 13.4. The van der Waals surface area contributed by atoms with Crippen molar-refractivity contribution >= 4 is 28.7 Å². The van der Waals surface area contributed by atoms with Crippen molar-refractivity contribution in [1.82, 2.24) is 4.98 Å². The maximum atomic E-state index is 4.51. The first-order valence-electron chi connectivity index (χ1n) is 5.95. The van der Waals surface area contributed by atoms with E-state index < -0.39 is 0 Å². The molecule has 1 aliphatic heterocycles. The predicted molar refractivity (Wildman–Crippen MR) is 78.4 cm³/mol. The van der Waals surface area contributed by atoms with Crippen molar-refractivity contribution in [1.29, 1.82) is 0 Å². The molecule has 0 bridgehead atoms. The minimum atomic E-state index is 0.864. The molecule has 0 saturated carbocycles. The molecule has 0 radical (unpaired) electrons. The molecule has 18 heavy (non-hydrogen) atoms. The third-order valence-electron chi connectivity index (χ3n) is 3.30.